The van der Waals surface area contributed by atoms with Gasteiger partial charge in [-0.05, 0) is 32.6 Å². The van der Waals surface area contributed by atoms with E-state index in [2.05, 4.69) is 12.2 Å². The Labute approximate surface area is 136 Å². The van der Waals surface area contributed by atoms with E-state index in [4.69, 9.17) is 10.5 Å². The van der Waals surface area contributed by atoms with Gasteiger partial charge >= 0.3 is 0 Å². The number of nitrogens with one attached hydrogen (secondary N) is 1. The van der Waals surface area contributed by atoms with Crippen LogP contribution in [0.1, 0.15) is 72.1 Å². The zero-order valence-corrected chi connectivity index (χ0v) is 14.7. The summed E-state index contributed by atoms with van der Waals surface area (Å²) in [5.41, 5.74) is 5.15. The van der Waals surface area contributed by atoms with Crippen molar-refractivity contribution in [2.75, 3.05) is 13.2 Å². The lowest BCUT2D eigenvalue weighted by Gasteiger charge is -2.38. The van der Waals surface area contributed by atoms with Gasteiger partial charge in [0, 0.05) is 13.2 Å². The Balaban J connectivity index is 0.00000400. The van der Waals surface area contributed by atoms with Crippen molar-refractivity contribution in [3.05, 3.63) is 0 Å². The van der Waals surface area contributed by atoms with Crippen LogP contribution in [0.3, 0.4) is 0 Å². The Morgan fingerprint density at radius 2 is 1.86 bits per heavy atom. The number of nitrogens with two attached hydrogens (primary N) is 1. The molecule has 1 aliphatic carbocycles. The van der Waals surface area contributed by atoms with Gasteiger partial charge in [-0.1, -0.05) is 39.5 Å². The maximum atomic E-state index is 12.2. The lowest BCUT2D eigenvalue weighted by atomic mass is 9.84. The Morgan fingerprint density at radius 1 is 1.24 bits per heavy atom. The van der Waals surface area contributed by atoms with Gasteiger partial charge in [0.2, 0.25) is 5.91 Å². The molecule has 1 fully saturated rings. The van der Waals surface area contributed by atoms with Gasteiger partial charge in [0.1, 0.15) is 0 Å². The number of amides is 1. The third-order valence-electron chi connectivity index (χ3n) is 4.24. The summed E-state index contributed by atoms with van der Waals surface area (Å²) >= 11 is 0. The summed E-state index contributed by atoms with van der Waals surface area (Å²) < 4.78 is 6.09. The molecule has 126 valence electrons. The molecule has 0 bridgehead atoms. The lowest BCUT2D eigenvalue weighted by Crippen LogP contribution is -2.55. The molecule has 21 heavy (non-hydrogen) atoms. The first-order valence-electron chi connectivity index (χ1n) is 8.17. The van der Waals surface area contributed by atoms with Crippen molar-refractivity contribution in [3.8, 4) is 0 Å². The van der Waals surface area contributed by atoms with Gasteiger partial charge in [0.25, 0.3) is 0 Å². The zero-order chi connectivity index (χ0) is 15.1. The highest BCUT2D eigenvalue weighted by molar-refractivity contribution is 5.85. The van der Waals surface area contributed by atoms with Crippen molar-refractivity contribution in [3.63, 3.8) is 0 Å². The SMILES string of the molecule is CCCOC1(CNC(=O)C(C)(N)CCC)CCCCC1.Cl. The van der Waals surface area contributed by atoms with E-state index in [0.717, 1.165) is 32.3 Å². The third-order valence-corrected chi connectivity index (χ3v) is 4.24. The largest absolute Gasteiger partial charge is 0.373 e. The number of ether oxygens (including phenoxy) is 1. The highest BCUT2D eigenvalue weighted by Gasteiger charge is 2.35. The van der Waals surface area contributed by atoms with E-state index in [1.807, 2.05) is 13.8 Å². The predicted molar refractivity (Wildman–Crippen MR) is 89.8 cm³/mol. The Kier molecular flexibility index (Phi) is 9.50. The van der Waals surface area contributed by atoms with Gasteiger partial charge in [-0.3, -0.25) is 4.79 Å². The number of carbonyl (C=O) groups is 1. The van der Waals surface area contributed by atoms with Crippen molar-refractivity contribution < 1.29 is 9.53 Å². The molecule has 1 rings (SSSR count). The number of hydrogen-bond donors (Lipinski definition) is 2. The molecule has 1 unspecified atom stereocenters. The average molecular weight is 321 g/mol. The van der Waals surface area contributed by atoms with Crippen molar-refractivity contribution >= 4 is 18.3 Å². The summed E-state index contributed by atoms with van der Waals surface area (Å²) in [6.07, 6.45) is 8.38. The number of hydrogen-bond acceptors (Lipinski definition) is 3. The molecule has 1 saturated carbocycles. The molecule has 0 radical (unpaired) electrons. The van der Waals surface area contributed by atoms with Gasteiger partial charge < -0.3 is 15.8 Å². The second-order valence-electron chi connectivity index (χ2n) is 6.44. The zero-order valence-electron chi connectivity index (χ0n) is 13.9. The van der Waals surface area contributed by atoms with E-state index in [1.54, 1.807) is 0 Å². The van der Waals surface area contributed by atoms with Crippen molar-refractivity contribution in [1.82, 2.24) is 5.32 Å². The second-order valence-corrected chi connectivity index (χ2v) is 6.44. The fourth-order valence-corrected chi connectivity index (χ4v) is 2.96. The second kappa shape index (κ2) is 9.65. The summed E-state index contributed by atoms with van der Waals surface area (Å²) in [7, 11) is 0. The molecule has 1 atom stereocenters. The molecule has 0 saturated heterocycles. The molecule has 1 amide bonds. The molecule has 3 N–H and O–H groups in total. The van der Waals surface area contributed by atoms with Crippen LogP contribution in [-0.2, 0) is 9.53 Å². The van der Waals surface area contributed by atoms with E-state index >= 15 is 0 Å². The highest BCUT2D eigenvalue weighted by Crippen LogP contribution is 2.31. The lowest BCUT2D eigenvalue weighted by molar-refractivity contribution is -0.129. The van der Waals surface area contributed by atoms with Crippen LogP contribution < -0.4 is 11.1 Å². The van der Waals surface area contributed by atoms with E-state index < -0.39 is 5.54 Å². The van der Waals surface area contributed by atoms with Gasteiger partial charge in [-0.15, -0.1) is 12.4 Å². The maximum absolute atomic E-state index is 12.2. The quantitative estimate of drug-likeness (QED) is 0.722. The molecule has 0 aromatic heterocycles. The van der Waals surface area contributed by atoms with Gasteiger partial charge in [0.05, 0.1) is 11.1 Å². The molecule has 0 heterocycles. The van der Waals surface area contributed by atoms with Gasteiger partial charge in [-0.2, -0.15) is 0 Å². The molecule has 0 aromatic rings. The summed E-state index contributed by atoms with van der Waals surface area (Å²) in [5, 5.41) is 3.04. The molecule has 4 nitrogen and oxygen atoms in total. The highest BCUT2D eigenvalue weighted by atomic mass is 35.5. The summed E-state index contributed by atoms with van der Waals surface area (Å²) in [5.74, 6) is -0.0515. The molecule has 0 spiro atoms. The summed E-state index contributed by atoms with van der Waals surface area (Å²) in [4.78, 5) is 12.2. The number of rotatable bonds is 8. The summed E-state index contributed by atoms with van der Waals surface area (Å²) in [6, 6.07) is 0. The Morgan fingerprint density at radius 3 is 2.38 bits per heavy atom. The minimum Gasteiger partial charge on any atom is -0.373 e. The standard InChI is InChI=1S/C16H32N2O2.ClH/c1-4-9-15(3,17)14(19)18-13-16(20-12-5-2)10-7-6-8-11-16;/h4-13,17H2,1-3H3,(H,18,19);1H. The monoisotopic (exact) mass is 320 g/mol. The van der Waals surface area contributed by atoms with Crippen molar-refractivity contribution in [2.24, 2.45) is 5.73 Å². The van der Waals surface area contributed by atoms with Crippen molar-refractivity contribution in [2.45, 2.75) is 83.3 Å². The smallest absolute Gasteiger partial charge is 0.239 e. The predicted octanol–water partition coefficient (Wildman–Crippen LogP) is 3.17. The van der Waals surface area contributed by atoms with Crippen LogP contribution in [0, 0.1) is 0 Å². The van der Waals surface area contributed by atoms with Gasteiger partial charge in [-0.25, -0.2) is 0 Å². The minimum atomic E-state index is -0.768. The number of carbonyl (C=O) groups excluding carboxylic acids is 1. The fourth-order valence-electron chi connectivity index (χ4n) is 2.96. The van der Waals surface area contributed by atoms with E-state index in [0.29, 0.717) is 13.0 Å². The van der Waals surface area contributed by atoms with Crippen LogP contribution in [0.15, 0.2) is 0 Å². The van der Waals surface area contributed by atoms with E-state index in [9.17, 15) is 4.79 Å². The normalized spacial score (nSPS) is 20.2. The average Bonchev–Trinajstić information content (AvgIpc) is 2.43. The topological polar surface area (TPSA) is 64.3 Å². The third kappa shape index (κ3) is 6.54. The van der Waals surface area contributed by atoms with E-state index in [-0.39, 0.29) is 23.9 Å². The number of halogens is 1. The Hall–Kier alpha value is -0.320. The first-order chi connectivity index (χ1) is 9.46. The first kappa shape index (κ1) is 20.7. The molecule has 0 aliphatic heterocycles. The molecule has 0 aromatic carbocycles. The van der Waals surface area contributed by atoms with E-state index in [1.165, 1.54) is 19.3 Å². The minimum absolute atomic E-state index is 0. The first-order valence-corrected chi connectivity index (χ1v) is 8.17. The molecular formula is C16H33ClN2O2. The molecule has 5 heteroatoms. The molecular weight excluding hydrogens is 288 g/mol. The maximum Gasteiger partial charge on any atom is 0.239 e. The molecule has 1 aliphatic rings. The van der Waals surface area contributed by atoms with Crippen LogP contribution in [0.5, 0.6) is 0 Å². The van der Waals surface area contributed by atoms with Crippen LogP contribution in [-0.4, -0.2) is 30.2 Å². The summed E-state index contributed by atoms with van der Waals surface area (Å²) in [6.45, 7) is 7.35. The van der Waals surface area contributed by atoms with Gasteiger partial charge in [0.15, 0.2) is 0 Å². The van der Waals surface area contributed by atoms with Crippen LogP contribution in [0.25, 0.3) is 0 Å². The van der Waals surface area contributed by atoms with Crippen LogP contribution >= 0.6 is 12.4 Å². The van der Waals surface area contributed by atoms with Crippen molar-refractivity contribution in [1.29, 1.82) is 0 Å². The van der Waals surface area contributed by atoms with Crippen LogP contribution in [0.2, 0.25) is 0 Å². The Bertz CT molecular complexity index is 303. The van der Waals surface area contributed by atoms with Crippen LogP contribution in [0.4, 0.5) is 0 Å². The fraction of sp³-hybridized carbons (Fsp3) is 0.938.